The Morgan fingerprint density at radius 1 is 0.923 bits per heavy atom. The van der Waals surface area contributed by atoms with Crippen molar-refractivity contribution in [3.8, 4) is 0 Å². The maximum atomic E-state index is 11.1. The van der Waals surface area contributed by atoms with Gasteiger partial charge in [-0.3, -0.25) is 4.79 Å². The number of allylic oxidation sites excluding steroid dienone is 2. The Morgan fingerprint density at radius 2 is 1.58 bits per heavy atom. The molecule has 1 unspecified atom stereocenters. The van der Waals surface area contributed by atoms with Crippen molar-refractivity contribution in [3.63, 3.8) is 0 Å². The Morgan fingerprint density at radius 3 is 2.19 bits per heavy atom. The van der Waals surface area contributed by atoms with Gasteiger partial charge >= 0.3 is 5.97 Å². The van der Waals surface area contributed by atoms with Crippen molar-refractivity contribution in [2.45, 2.75) is 90.4 Å². The summed E-state index contributed by atoms with van der Waals surface area (Å²) < 4.78 is 0. The topological polar surface area (TPSA) is 37.3 Å². The van der Waals surface area contributed by atoms with Gasteiger partial charge in [-0.2, -0.15) is 0 Å². The average molecular weight is 359 g/mol. The highest BCUT2D eigenvalue weighted by molar-refractivity contribution is 5.67. The van der Waals surface area contributed by atoms with E-state index in [0.717, 1.165) is 25.7 Å². The Hall–Kier alpha value is -1.57. The number of aliphatic carboxylic acids is 1. The summed E-state index contributed by atoms with van der Waals surface area (Å²) in [5.41, 5.74) is 1.31. The van der Waals surface area contributed by atoms with Crippen LogP contribution in [0.1, 0.15) is 89.5 Å². The van der Waals surface area contributed by atoms with Crippen LogP contribution < -0.4 is 0 Å². The summed E-state index contributed by atoms with van der Waals surface area (Å²) in [6, 6.07) is 10.4. The van der Waals surface area contributed by atoms with E-state index in [2.05, 4.69) is 43.3 Å². The van der Waals surface area contributed by atoms with Gasteiger partial charge in [-0.15, -0.1) is 0 Å². The molecule has 1 atom stereocenters. The second-order valence-electron chi connectivity index (χ2n) is 7.45. The minimum atomic E-state index is -0.658. The fourth-order valence-electron chi connectivity index (χ4n) is 3.41. The second kappa shape index (κ2) is 15.7. The Kier molecular flexibility index (Phi) is 13.5. The van der Waals surface area contributed by atoms with E-state index in [1.54, 1.807) is 0 Å². The summed E-state index contributed by atoms with van der Waals surface area (Å²) in [5.74, 6) is -0.351. The van der Waals surface area contributed by atoms with Gasteiger partial charge < -0.3 is 5.11 Å². The SMILES string of the molecule is CCCCCCC=CCCCCCC(CCc1ccccc1)CC(=O)O. The maximum Gasteiger partial charge on any atom is 0.303 e. The molecule has 0 saturated carbocycles. The molecule has 1 aromatic carbocycles. The molecule has 0 spiro atoms. The molecule has 2 nitrogen and oxygen atoms in total. The van der Waals surface area contributed by atoms with Crippen molar-refractivity contribution >= 4 is 5.97 Å². The first-order valence-electron chi connectivity index (χ1n) is 10.6. The molecule has 0 heterocycles. The van der Waals surface area contributed by atoms with Crippen molar-refractivity contribution in [2.24, 2.45) is 5.92 Å². The quantitative estimate of drug-likeness (QED) is 0.251. The molecule has 0 amide bonds. The number of rotatable bonds is 16. The van der Waals surface area contributed by atoms with Gasteiger partial charge in [0, 0.05) is 6.42 Å². The predicted octanol–water partition coefficient (Wildman–Crippen LogP) is 7.19. The van der Waals surface area contributed by atoms with E-state index in [9.17, 15) is 4.79 Å². The molecule has 26 heavy (non-hydrogen) atoms. The Labute approximate surface area is 160 Å². The van der Waals surface area contributed by atoms with Gasteiger partial charge in [0.15, 0.2) is 0 Å². The molecule has 0 aliphatic heterocycles. The van der Waals surface area contributed by atoms with Crippen LogP contribution in [0.25, 0.3) is 0 Å². The Balaban J connectivity index is 2.11. The maximum absolute atomic E-state index is 11.1. The van der Waals surface area contributed by atoms with Crippen molar-refractivity contribution in [1.29, 1.82) is 0 Å². The summed E-state index contributed by atoms with van der Waals surface area (Å²) >= 11 is 0. The number of carboxylic acid groups (broad SMARTS) is 1. The van der Waals surface area contributed by atoms with Crippen LogP contribution in [0.15, 0.2) is 42.5 Å². The lowest BCUT2D eigenvalue weighted by molar-refractivity contribution is -0.138. The van der Waals surface area contributed by atoms with Crippen LogP contribution in [0.4, 0.5) is 0 Å². The van der Waals surface area contributed by atoms with Gasteiger partial charge in [0.1, 0.15) is 0 Å². The van der Waals surface area contributed by atoms with Crippen molar-refractivity contribution in [3.05, 3.63) is 48.0 Å². The number of unbranched alkanes of at least 4 members (excludes halogenated alkanes) is 7. The van der Waals surface area contributed by atoms with Crippen molar-refractivity contribution < 1.29 is 9.90 Å². The molecule has 1 rings (SSSR count). The minimum Gasteiger partial charge on any atom is -0.481 e. The fourth-order valence-corrected chi connectivity index (χ4v) is 3.41. The molecule has 0 radical (unpaired) electrons. The minimum absolute atomic E-state index is 0.307. The van der Waals surface area contributed by atoms with Gasteiger partial charge in [-0.1, -0.05) is 81.5 Å². The van der Waals surface area contributed by atoms with Gasteiger partial charge in [0.25, 0.3) is 0 Å². The molecule has 146 valence electrons. The molecule has 0 fully saturated rings. The van der Waals surface area contributed by atoms with Crippen LogP contribution >= 0.6 is 0 Å². The van der Waals surface area contributed by atoms with Crippen molar-refractivity contribution in [1.82, 2.24) is 0 Å². The summed E-state index contributed by atoms with van der Waals surface area (Å²) in [6.45, 7) is 2.25. The van der Waals surface area contributed by atoms with E-state index < -0.39 is 5.97 Å². The number of carboxylic acids is 1. The summed E-state index contributed by atoms with van der Waals surface area (Å²) in [4.78, 5) is 11.1. The first-order chi connectivity index (χ1) is 12.7. The van der Waals surface area contributed by atoms with Gasteiger partial charge in [0.05, 0.1) is 0 Å². The lowest BCUT2D eigenvalue weighted by Gasteiger charge is -2.14. The molecule has 2 heteroatoms. The normalized spacial score (nSPS) is 12.5. The molecule has 0 saturated heterocycles. The van der Waals surface area contributed by atoms with E-state index in [-0.39, 0.29) is 0 Å². The summed E-state index contributed by atoms with van der Waals surface area (Å²) in [7, 11) is 0. The number of aryl methyl sites for hydroxylation is 1. The van der Waals surface area contributed by atoms with Crippen LogP contribution in [0, 0.1) is 5.92 Å². The second-order valence-corrected chi connectivity index (χ2v) is 7.45. The van der Waals surface area contributed by atoms with Gasteiger partial charge in [0.2, 0.25) is 0 Å². The third-order valence-electron chi connectivity index (χ3n) is 5.02. The van der Waals surface area contributed by atoms with E-state index >= 15 is 0 Å². The highest BCUT2D eigenvalue weighted by Gasteiger charge is 2.13. The zero-order chi connectivity index (χ0) is 18.9. The molecule has 1 aromatic rings. The molecule has 0 aliphatic rings. The molecule has 0 aliphatic carbocycles. The number of hydrogen-bond donors (Lipinski definition) is 1. The van der Waals surface area contributed by atoms with Crippen LogP contribution in [-0.4, -0.2) is 11.1 Å². The van der Waals surface area contributed by atoms with Crippen LogP contribution in [0.2, 0.25) is 0 Å². The smallest absolute Gasteiger partial charge is 0.303 e. The monoisotopic (exact) mass is 358 g/mol. The number of carbonyl (C=O) groups is 1. The largest absolute Gasteiger partial charge is 0.481 e. The van der Waals surface area contributed by atoms with Gasteiger partial charge in [-0.05, 0) is 56.4 Å². The summed E-state index contributed by atoms with van der Waals surface area (Å²) in [5, 5.41) is 9.15. The zero-order valence-electron chi connectivity index (χ0n) is 16.7. The summed E-state index contributed by atoms with van der Waals surface area (Å²) in [6.07, 6.45) is 19.3. The highest BCUT2D eigenvalue weighted by atomic mass is 16.4. The average Bonchev–Trinajstić information content (AvgIpc) is 2.64. The first-order valence-corrected chi connectivity index (χ1v) is 10.6. The third kappa shape index (κ3) is 12.7. The predicted molar refractivity (Wildman–Crippen MR) is 111 cm³/mol. The highest BCUT2D eigenvalue weighted by Crippen LogP contribution is 2.21. The molecular formula is C24H38O2. The number of hydrogen-bond acceptors (Lipinski definition) is 1. The van der Waals surface area contributed by atoms with E-state index in [0.29, 0.717) is 12.3 Å². The van der Waals surface area contributed by atoms with Crippen LogP contribution in [0.3, 0.4) is 0 Å². The van der Waals surface area contributed by atoms with Gasteiger partial charge in [-0.25, -0.2) is 0 Å². The van der Waals surface area contributed by atoms with Crippen molar-refractivity contribution in [2.75, 3.05) is 0 Å². The molecular weight excluding hydrogens is 320 g/mol. The van der Waals surface area contributed by atoms with Crippen LogP contribution in [0.5, 0.6) is 0 Å². The molecule has 0 bridgehead atoms. The lowest BCUT2D eigenvalue weighted by Crippen LogP contribution is -2.09. The van der Waals surface area contributed by atoms with E-state index in [1.807, 2.05) is 6.07 Å². The first kappa shape index (κ1) is 22.5. The molecule has 1 N–H and O–H groups in total. The lowest BCUT2D eigenvalue weighted by atomic mass is 9.91. The van der Waals surface area contributed by atoms with E-state index in [1.165, 1.54) is 56.9 Å². The molecule has 0 aromatic heterocycles. The number of benzene rings is 1. The van der Waals surface area contributed by atoms with Crippen LogP contribution in [-0.2, 0) is 11.2 Å². The zero-order valence-corrected chi connectivity index (χ0v) is 16.7. The fraction of sp³-hybridized carbons (Fsp3) is 0.625. The third-order valence-corrected chi connectivity index (χ3v) is 5.02. The van der Waals surface area contributed by atoms with E-state index in [4.69, 9.17) is 5.11 Å². The Bertz CT molecular complexity index is 478. The standard InChI is InChI=1S/C24H38O2/c1-2-3-4-5-6-7-8-9-10-11-13-18-23(21-24(25)26)20-19-22-16-14-12-15-17-22/h7-8,12,14-17,23H,2-6,9-11,13,18-21H2,1H3,(H,25,26).